The van der Waals surface area contributed by atoms with Gasteiger partial charge >= 0.3 is 5.69 Å². The highest BCUT2D eigenvalue weighted by Crippen LogP contribution is 2.09. The van der Waals surface area contributed by atoms with Gasteiger partial charge in [0.1, 0.15) is 0 Å². The number of nitrogens with zero attached hydrogens (tertiary/aromatic N) is 4. The minimum atomic E-state index is -0.355. The number of imidazole rings is 1. The molecule has 25 heavy (non-hydrogen) atoms. The minimum absolute atomic E-state index is 0.254. The lowest BCUT2D eigenvalue weighted by Gasteiger charge is -2.12. The molecule has 0 aliphatic rings. The van der Waals surface area contributed by atoms with Crippen LogP contribution in [0.25, 0.3) is 11.2 Å². The fourth-order valence-corrected chi connectivity index (χ4v) is 3.07. The summed E-state index contributed by atoms with van der Waals surface area (Å²) in [4.78, 5) is 30.1. The lowest BCUT2D eigenvalue weighted by Crippen LogP contribution is -2.40. The monoisotopic (exact) mass is 350 g/mol. The lowest BCUT2D eigenvalue weighted by atomic mass is 10.2. The molecule has 0 aliphatic carbocycles. The van der Waals surface area contributed by atoms with Gasteiger partial charge in [-0.2, -0.15) is 0 Å². The van der Waals surface area contributed by atoms with Crippen LogP contribution in [-0.2, 0) is 19.6 Å². The molecule has 1 N–H and O–H groups in total. The Hall–Kier alpha value is -1.89. The van der Waals surface area contributed by atoms with Crippen LogP contribution in [-0.4, -0.2) is 29.9 Å². The van der Waals surface area contributed by atoms with Gasteiger partial charge in [-0.1, -0.05) is 20.3 Å². The molecule has 0 amide bonds. The number of aliphatic hydroxyl groups excluding tert-OH is 1. The molecule has 0 aliphatic heterocycles. The Balaban J connectivity index is 2.46. The average molecular weight is 350 g/mol. The first kappa shape index (κ1) is 19.4. The number of aliphatic hydroxyl groups is 1. The lowest BCUT2D eigenvalue weighted by molar-refractivity contribution is 0.180. The number of hydrogen-bond donors (Lipinski definition) is 1. The highest BCUT2D eigenvalue weighted by atomic mass is 16.3. The first-order valence-electron chi connectivity index (χ1n) is 9.37. The van der Waals surface area contributed by atoms with Crippen molar-refractivity contribution in [2.24, 2.45) is 0 Å². The van der Waals surface area contributed by atoms with Crippen LogP contribution < -0.4 is 11.2 Å². The van der Waals surface area contributed by atoms with Gasteiger partial charge in [-0.15, -0.1) is 0 Å². The number of aromatic nitrogens is 4. The molecule has 2 aromatic heterocycles. The summed E-state index contributed by atoms with van der Waals surface area (Å²) in [5, 5.41) is 9.36. The molecular formula is C18H30N4O3. The normalized spacial score (nSPS) is 12.8. The van der Waals surface area contributed by atoms with Crippen molar-refractivity contribution in [3.05, 3.63) is 27.2 Å². The SMILES string of the molecule is CCCCn1c(=O)n(CCCCC(C)O)c(=O)c2c1ncn2CCC. The Morgan fingerprint density at radius 1 is 1.04 bits per heavy atom. The second-order valence-electron chi connectivity index (χ2n) is 6.70. The zero-order valence-corrected chi connectivity index (χ0v) is 15.6. The van der Waals surface area contributed by atoms with E-state index in [0.717, 1.165) is 25.7 Å². The van der Waals surface area contributed by atoms with Gasteiger partial charge in [0, 0.05) is 19.6 Å². The van der Waals surface area contributed by atoms with Crippen LogP contribution in [0.15, 0.2) is 15.9 Å². The maximum Gasteiger partial charge on any atom is 0.332 e. The van der Waals surface area contributed by atoms with Crippen molar-refractivity contribution in [1.82, 2.24) is 18.7 Å². The molecule has 2 rings (SSSR count). The smallest absolute Gasteiger partial charge is 0.332 e. The minimum Gasteiger partial charge on any atom is -0.393 e. The van der Waals surface area contributed by atoms with Crippen molar-refractivity contribution in [3.8, 4) is 0 Å². The highest BCUT2D eigenvalue weighted by Gasteiger charge is 2.17. The molecule has 0 bridgehead atoms. The third kappa shape index (κ3) is 4.39. The van der Waals surface area contributed by atoms with Crippen LogP contribution in [0.3, 0.4) is 0 Å². The number of rotatable bonds is 10. The number of unbranched alkanes of at least 4 members (excludes halogenated alkanes) is 2. The number of aryl methyl sites for hydroxylation is 2. The van der Waals surface area contributed by atoms with Gasteiger partial charge in [0.2, 0.25) is 0 Å². The summed E-state index contributed by atoms with van der Waals surface area (Å²) in [6.45, 7) is 7.53. The van der Waals surface area contributed by atoms with E-state index in [0.29, 0.717) is 43.6 Å². The van der Waals surface area contributed by atoms with Crippen LogP contribution in [0.2, 0.25) is 0 Å². The first-order valence-corrected chi connectivity index (χ1v) is 9.37. The van der Waals surface area contributed by atoms with E-state index in [-0.39, 0.29) is 17.4 Å². The van der Waals surface area contributed by atoms with Crippen molar-refractivity contribution in [3.63, 3.8) is 0 Å². The van der Waals surface area contributed by atoms with Gasteiger partial charge in [0.05, 0.1) is 12.4 Å². The van der Waals surface area contributed by atoms with Gasteiger partial charge in [0.25, 0.3) is 5.56 Å². The second-order valence-corrected chi connectivity index (χ2v) is 6.70. The maximum atomic E-state index is 12.9. The molecule has 0 aromatic carbocycles. The number of hydrogen-bond acceptors (Lipinski definition) is 4. The van der Waals surface area contributed by atoms with Gasteiger partial charge in [0.15, 0.2) is 11.2 Å². The fourth-order valence-electron chi connectivity index (χ4n) is 3.07. The summed E-state index contributed by atoms with van der Waals surface area (Å²) in [6, 6.07) is 0. The molecule has 0 saturated heterocycles. The van der Waals surface area contributed by atoms with Crippen LogP contribution in [0.1, 0.15) is 59.3 Å². The van der Waals surface area contributed by atoms with E-state index < -0.39 is 0 Å². The zero-order chi connectivity index (χ0) is 18.4. The van der Waals surface area contributed by atoms with E-state index in [1.165, 1.54) is 4.57 Å². The molecule has 1 unspecified atom stereocenters. The summed E-state index contributed by atoms with van der Waals surface area (Å²) in [6.07, 6.45) is 6.20. The van der Waals surface area contributed by atoms with E-state index in [2.05, 4.69) is 11.9 Å². The molecule has 0 fully saturated rings. The Kier molecular flexibility index (Phi) is 6.99. The molecule has 0 radical (unpaired) electrons. The Morgan fingerprint density at radius 3 is 2.40 bits per heavy atom. The highest BCUT2D eigenvalue weighted by molar-refractivity contribution is 5.70. The van der Waals surface area contributed by atoms with Crippen LogP contribution in [0, 0.1) is 0 Å². The summed E-state index contributed by atoms with van der Waals surface area (Å²) in [5.74, 6) is 0. The maximum absolute atomic E-state index is 12.9. The largest absolute Gasteiger partial charge is 0.393 e. The molecule has 2 heterocycles. The van der Waals surface area contributed by atoms with E-state index in [1.54, 1.807) is 17.8 Å². The topological polar surface area (TPSA) is 82.0 Å². The van der Waals surface area contributed by atoms with Crippen molar-refractivity contribution >= 4 is 11.2 Å². The second kappa shape index (κ2) is 8.99. The van der Waals surface area contributed by atoms with Crippen LogP contribution >= 0.6 is 0 Å². The molecule has 7 nitrogen and oxygen atoms in total. The van der Waals surface area contributed by atoms with Gasteiger partial charge in [-0.05, 0) is 39.0 Å². The Morgan fingerprint density at radius 2 is 1.76 bits per heavy atom. The number of fused-ring (bicyclic) bond motifs is 1. The van der Waals surface area contributed by atoms with E-state index in [9.17, 15) is 14.7 Å². The van der Waals surface area contributed by atoms with Gasteiger partial charge in [-0.25, -0.2) is 9.78 Å². The molecule has 0 spiro atoms. The van der Waals surface area contributed by atoms with Crippen molar-refractivity contribution in [1.29, 1.82) is 0 Å². The van der Waals surface area contributed by atoms with Gasteiger partial charge in [-0.3, -0.25) is 13.9 Å². The van der Waals surface area contributed by atoms with Crippen molar-refractivity contribution in [2.45, 2.75) is 85.0 Å². The molecule has 1 atom stereocenters. The van der Waals surface area contributed by atoms with Crippen molar-refractivity contribution in [2.75, 3.05) is 0 Å². The summed E-state index contributed by atoms with van der Waals surface area (Å²) in [7, 11) is 0. The Bertz CT molecular complexity index is 801. The van der Waals surface area contributed by atoms with Crippen LogP contribution in [0.4, 0.5) is 0 Å². The standard InChI is InChI=1S/C18H30N4O3/c1-4-6-11-21-16-15(20(10-5-2)13-19-16)17(24)22(18(21)25)12-8-7-9-14(3)23/h13-14,23H,4-12H2,1-3H3. The molecule has 2 aromatic rings. The van der Waals surface area contributed by atoms with Crippen molar-refractivity contribution < 1.29 is 5.11 Å². The third-order valence-electron chi connectivity index (χ3n) is 4.44. The molecular weight excluding hydrogens is 320 g/mol. The summed E-state index contributed by atoms with van der Waals surface area (Å²) in [5.41, 5.74) is 0.491. The van der Waals surface area contributed by atoms with E-state index in [4.69, 9.17) is 0 Å². The molecule has 0 saturated carbocycles. The zero-order valence-electron chi connectivity index (χ0n) is 15.6. The quantitative estimate of drug-likeness (QED) is 0.666. The fraction of sp³-hybridized carbons (Fsp3) is 0.722. The molecule has 140 valence electrons. The summed E-state index contributed by atoms with van der Waals surface area (Å²) >= 11 is 0. The van der Waals surface area contributed by atoms with Gasteiger partial charge < -0.3 is 9.67 Å². The third-order valence-corrected chi connectivity index (χ3v) is 4.44. The van der Waals surface area contributed by atoms with E-state index in [1.807, 2.05) is 11.5 Å². The predicted molar refractivity (Wildman–Crippen MR) is 99.0 cm³/mol. The first-order chi connectivity index (χ1) is 12.0. The van der Waals surface area contributed by atoms with E-state index >= 15 is 0 Å². The Labute approximate surface area is 147 Å². The molecule has 7 heteroatoms. The summed E-state index contributed by atoms with van der Waals surface area (Å²) < 4.78 is 4.83. The predicted octanol–water partition coefficient (Wildman–Crippen LogP) is 2.12. The van der Waals surface area contributed by atoms with Crippen LogP contribution in [0.5, 0.6) is 0 Å². The average Bonchev–Trinajstić information content (AvgIpc) is 2.98.